The van der Waals surface area contributed by atoms with Gasteiger partial charge in [-0.2, -0.15) is 5.10 Å². The van der Waals surface area contributed by atoms with Crippen LogP contribution in [0, 0.1) is 5.82 Å². The highest BCUT2D eigenvalue weighted by molar-refractivity contribution is 6.33. The molecule has 0 spiro atoms. The van der Waals surface area contributed by atoms with Gasteiger partial charge in [-0.25, -0.2) is 9.07 Å². The SMILES string of the molecule is C[C@H](C(=O)Nc1ccc(F)cc1)n1ncc(N2CCCCC2)c(Cl)c1=O. The summed E-state index contributed by atoms with van der Waals surface area (Å²) in [6.07, 6.45) is 4.81. The summed E-state index contributed by atoms with van der Waals surface area (Å²) in [6.45, 7) is 3.24. The highest BCUT2D eigenvalue weighted by atomic mass is 35.5. The van der Waals surface area contributed by atoms with Crippen LogP contribution >= 0.6 is 11.6 Å². The molecule has 2 aromatic rings. The average molecular weight is 379 g/mol. The van der Waals surface area contributed by atoms with Crippen LogP contribution in [0.2, 0.25) is 5.02 Å². The first-order valence-electron chi connectivity index (χ1n) is 8.56. The Kier molecular flexibility index (Phi) is 5.56. The summed E-state index contributed by atoms with van der Waals surface area (Å²) >= 11 is 6.27. The maximum absolute atomic E-state index is 12.9. The number of benzene rings is 1. The summed E-state index contributed by atoms with van der Waals surface area (Å²) in [5, 5.41) is 6.85. The third-order valence-corrected chi connectivity index (χ3v) is 4.84. The van der Waals surface area contributed by atoms with Gasteiger partial charge in [-0.15, -0.1) is 0 Å². The van der Waals surface area contributed by atoms with Gasteiger partial charge in [-0.1, -0.05) is 11.6 Å². The summed E-state index contributed by atoms with van der Waals surface area (Å²) < 4.78 is 14.0. The van der Waals surface area contributed by atoms with Crippen LogP contribution in [0.4, 0.5) is 15.8 Å². The minimum absolute atomic E-state index is 0.0725. The molecule has 1 N–H and O–H groups in total. The van der Waals surface area contributed by atoms with Gasteiger partial charge in [0, 0.05) is 18.8 Å². The molecule has 138 valence electrons. The second-order valence-corrected chi connectivity index (χ2v) is 6.69. The average Bonchev–Trinajstić information content (AvgIpc) is 2.66. The fraction of sp³-hybridized carbons (Fsp3) is 0.389. The van der Waals surface area contributed by atoms with E-state index in [4.69, 9.17) is 11.6 Å². The Morgan fingerprint density at radius 2 is 1.88 bits per heavy atom. The van der Waals surface area contributed by atoms with Crippen molar-refractivity contribution in [2.24, 2.45) is 0 Å². The molecule has 1 saturated heterocycles. The molecule has 0 radical (unpaired) electrons. The lowest BCUT2D eigenvalue weighted by atomic mass is 10.1. The molecule has 1 atom stereocenters. The normalized spacial score (nSPS) is 15.6. The highest BCUT2D eigenvalue weighted by Gasteiger charge is 2.22. The topological polar surface area (TPSA) is 67.2 Å². The molecule has 3 rings (SSSR count). The number of halogens is 2. The van der Waals surface area contributed by atoms with Crippen LogP contribution in [0.5, 0.6) is 0 Å². The number of hydrogen-bond acceptors (Lipinski definition) is 4. The summed E-state index contributed by atoms with van der Waals surface area (Å²) in [4.78, 5) is 27.0. The van der Waals surface area contributed by atoms with Crippen molar-refractivity contribution in [1.82, 2.24) is 9.78 Å². The molecule has 0 bridgehead atoms. The lowest BCUT2D eigenvalue weighted by Gasteiger charge is -2.29. The maximum atomic E-state index is 12.9. The van der Waals surface area contributed by atoms with E-state index in [1.807, 2.05) is 4.90 Å². The van der Waals surface area contributed by atoms with Crippen LogP contribution in [0.3, 0.4) is 0 Å². The Morgan fingerprint density at radius 3 is 2.54 bits per heavy atom. The molecule has 8 heteroatoms. The standard InChI is InChI=1S/C18H20ClFN4O2/c1-12(17(25)22-14-7-5-13(20)6-8-14)24-18(26)16(19)15(11-21-24)23-9-3-2-4-10-23/h5-8,11-12H,2-4,9-10H2,1H3,(H,22,25)/t12-/m1/s1. The van der Waals surface area contributed by atoms with Crippen molar-refractivity contribution in [1.29, 1.82) is 0 Å². The van der Waals surface area contributed by atoms with Crippen molar-refractivity contribution in [2.45, 2.75) is 32.2 Å². The van der Waals surface area contributed by atoms with Gasteiger partial charge in [0.05, 0.1) is 11.9 Å². The minimum Gasteiger partial charge on any atom is -0.369 e. The van der Waals surface area contributed by atoms with Crippen LogP contribution in [0.1, 0.15) is 32.2 Å². The molecule has 0 unspecified atom stereocenters. The van der Waals surface area contributed by atoms with E-state index in [2.05, 4.69) is 10.4 Å². The highest BCUT2D eigenvalue weighted by Crippen LogP contribution is 2.25. The van der Waals surface area contributed by atoms with Gasteiger partial charge in [0.15, 0.2) is 0 Å². The lowest BCUT2D eigenvalue weighted by Crippen LogP contribution is -2.36. The fourth-order valence-corrected chi connectivity index (χ4v) is 3.21. The van der Waals surface area contributed by atoms with E-state index < -0.39 is 23.3 Å². The van der Waals surface area contributed by atoms with Crippen molar-refractivity contribution < 1.29 is 9.18 Å². The van der Waals surface area contributed by atoms with Crippen LogP contribution in [-0.4, -0.2) is 28.8 Å². The number of aromatic nitrogens is 2. The number of piperidine rings is 1. The quantitative estimate of drug-likeness (QED) is 0.887. The van der Waals surface area contributed by atoms with E-state index in [1.54, 1.807) is 6.92 Å². The Bertz CT molecular complexity index is 847. The number of carbonyl (C=O) groups is 1. The van der Waals surface area contributed by atoms with Crippen molar-refractivity contribution in [3.05, 3.63) is 51.7 Å². The van der Waals surface area contributed by atoms with Crippen LogP contribution in [0.15, 0.2) is 35.3 Å². The third kappa shape index (κ3) is 3.88. The number of amides is 1. The third-order valence-electron chi connectivity index (χ3n) is 4.48. The maximum Gasteiger partial charge on any atom is 0.288 e. The van der Waals surface area contributed by atoms with Gasteiger partial charge in [0.1, 0.15) is 16.9 Å². The molecule has 2 heterocycles. The Morgan fingerprint density at radius 1 is 1.23 bits per heavy atom. The van der Waals surface area contributed by atoms with Crippen LogP contribution in [0.25, 0.3) is 0 Å². The first-order valence-corrected chi connectivity index (χ1v) is 8.94. The van der Waals surface area contributed by atoms with Gasteiger partial charge in [0.25, 0.3) is 5.56 Å². The molecule has 1 aliphatic heterocycles. The molecule has 6 nitrogen and oxygen atoms in total. The number of nitrogens with zero attached hydrogens (tertiary/aromatic N) is 3. The van der Waals surface area contributed by atoms with Crippen molar-refractivity contribution in [3.63, 3.8) is 0 Å². The van der Waals surface area contributed by atoms with Gasteiger partial charge in [0.2, 0.25) is 5.91 Å². The van der Waals surface area contributed by atoms with Crippen LogP contribution < -0.4 is 15.8 Å². The molecule has 26 heavy (non-hydrogen) atoms. The Labute approximate surface area is 155 Å². The molecular formula is C18H20ClFN4O2. The second-order valence-electron chi connectivity index (χ2n) is 6.31. The molecule has 0 aliphatic carbocycles. The first-order chi connectivity index (χ1) is 12.5. The molecule has 1 amide bonds. The fourth-order valence-electron chi connectivity index (χ4n) is 2.96. The number of anilines is 2. The zero-order valence-corrected chi connectivity index (χ0v) is 15.2. The summed E-state index contributed by atoms with van der Waals surface area (Å²) in [7, 11) is 0. The van der Waals surface area contributed by atoms with Gasteiger partial charge in [-0.05, 0) is 50.5 Å². The van der Waals surface area contributed by atoms with E-state index >= 15 is 0 Å². The minimum atomic E-state index is -0.861. The number of nitrogens with one attached hydrogen (secondary N) is 1. The predicted molar refractivity (Wildman–Crippen MR) is 99.3 cm³/mol. The lowest BCUT2D eigenvalue weighted by molar-refractivity contribution is -0.119. The van der Waals surface area contributed by atoms with E-state index in [9.17, 15) is 14.0 Å². The van der Waals surface area contributed by atoms with Gasteiger partial charge in [-0.3, -0.25) is 9.59 Å². The smallest absolute Gasteiger partial charge is 0.288 e. The number of carbonyl (C=O) groups excluding carboxylic acids is 1. The molecule has 1 fully saturated rings. The summed E-state index contributed by atoms with van der Waals surface area (Å²) in [5.74, 6) is -0.831. The van der Waals surface area contributed by atoms with Crippen molar-refractivity contribution in [2.75, 3.05) is 23.3 Å². The van der Waals surface area contributed by atoms with Crippen LogP contribution in [-0.2, 0) is 4.79 Å². The molecular weight excluding hydrogens is 359 g/mol. The van der Waals surface area contributed by atoms with E-state index in [0.29, 0.717) is 11.4 Å². The monoisotopic (exact) mass is 378 g/mol. The Balaban J connectivity index is 1.79. The second kappa shape index (κ2) is 7.86. The van der Waals surface area contributed by atoms with Gasteiger partial charge < -0.3 is 10.2 Å². The van der Waals surface area contributed by atoms with E-state index in [1.165, 1.54) is 36.9 Å². The Hall–Kier alpha value is -2.41. The molecule has 0 saturated carbocycles. The molecule has 1 aromatic carbocycles. The molecule has 1 aromatic heterocycles. The van der Waals surface area contributed by atoms with E-state index in [0.717, 1.165) is 30.6 Å². The van der Waals surface area contributed by atoms with Gasteiger partial charge >= 0.3 is 0 Å². The zero-order valence-electron chi connectivity index (χ0n) is 14.4. The largest absolute Gasteiger partial charge is 0.369 e. The summed E-state index contributed by atoms with van der Waals surface area (Å²) in [6, 6.07) is 4.52. The zero-order chi connectivity index (χ0) is 18.7. The van der Waals surface area contributed by atoms with Crippen molar-refractivity contribution >= 4 is 28.9 Å². The number of hydrogen-bond donors (Lipinski definition) is 1. The predicted octanol–water partition coefficient (Wildman–Crippen LogP) is 3.23. The van der Waals surface area contributed by atoms with E-state index in [-0.39, 0.29) is 5.02 Å². The first kappa shape index (κ1) is 18.4. The molecule has 1 aliphatic rings. The van der Waals surface area contributed by atoms with Crippen molar-refractivity contribution in [3.8, 4) is 0 Å². The number of rotatable bonds is 4. The summed E-state index contributed by atoms with van der Waals surface area (Å²) in [5.41, 5.74) is 0.544.